The number of Topliss-reactive ketones (excluding diaryl/α,β-unsaturated/α-hetero) is 1. The predicted molar refractivity (Wildman–Crippen MR) is 156 cm³/mol. The van der Waals surface area contributed by atoms with Gasteiger partial charge in [-0.05, 0) is 56.9 Å². The van der Waals surface area contributed by atoms with Crippen LogP contribution in [0, 0.1) is 23.7 Å². The molecule has 8 nitrogen and oxygen atoms in total. The molecule has 2 bridgehead atoms. The molecule has 0 fully saturated rings. The summed E-state index contributed by atoms with van der Waals surface area (Å²) >= 11 is 0. The van der Waals surface area contributed by atoms with Gasteiger partial charge in [0, 0.05) is 34.6 Å². The van der Waals surface area contributed by atoms with E-state index in [1.807, 2.05) is 40.7 Å². The molecule has 0 radical (unpaired) electrons. The first kappa shape index (κ1) is 32.7. The average molecular weight is 553 g/mol. The van der Waals surface area contributed by atoms with Crippen LogP contribution in [-0.4, -0.2) is 40.9 Å². The van der Waals surface area contributed by atoms with Crippen molar-refractivity contribution in [3.8, 4) is 0 Å². The van der Waals surface area contributed by atoms with E-state index in [1.54, 1.807) is 31.2 Å². The summed E-state index contributed by atoms with van der Waals surface area (Å²) in [4.78, 5) is 51.1. The van der Waals surface area contributed by atoms with Gasteiger partial charge >= 0.3 is 6.09 Å². The standard InChI is InChI=1S/C32H44N2O6/c1-8-9-13-24-25-15-18(2)14-21(5)28(36)22(6)16-23(7)30(40-32(33)39)19(3)11-10-12-20(4)31(38)34-26(29(25)37)17-27(24)35/h8,10-12,16-19,21-22,28,30,36H,1,9,13-15H2,2-7H3,(H2,33,39)(H,34,38)/b11-10-,20-12+,23-16+/t18-,19-,21-,22-,28-,30+/m0/s1. The molecule has 0 spiro atoms. The number of primary amides is 1. The van der Waals surface area contributed by atoms with Crippen molar-refractivity contribution < 1.29 is 29.0 Å². The van der Waals surface area contributed by atoms with Gasteiger partial charge < -0.3 is 20.9 Å². The van der Waals surface area contributed by atoms with E-state index in [2.05, 4.69) is 11.9 Å². The summed E-state index contributed by atoms with van der Waals surface area (Å²) < 4.78 is 5.41. The number of amides is 2. The third-order valence-corrected chi connectivity index (χ3v) is 7.57. The van der Waals surface area contributed by atoms with Crippen molar-refractivity contribution in [3.05, 3.63) is 71.0 Å². The fraction of sp³-hybridized carbons (Fsp3) is 0.500. The van der Waals surface area contributed by atoms with Crippen molar-refractivity contribution in [2.24, 2.45) is 29.4 Å². The van der Waals surface area contributed by atoms with Crippen molar-refractivity contribution in [2.45, 2.75) is 79.4 Å². The van der Waals surface area contributed by atoms with Gasteiger partial charge in [-0.1, -0.05) is 58.1 Å². The summed E-state index contributed by atoms with van der Waals surface area (Å²) in [5.41, 5.74) is 7.23. The molecule has 0 aromatic heterocycles. The van der Waals surface area contributed by atoms with Crippen LogP contribution in [0.15, 0.2) is 71.0 Å². The van der Waals surface area contributed by atoms with Gasteiger partial charge in [0.1, 0.15) is 6.10 Å². The van der Waals surface area contributed by atoms with E-state index in [1.165, 1.54) is 6.08 Å². The Morgan fingerprint density at radius 3 is 2.48 bits per heavy atom. The number of ketones is 2. The molecule has 0 unspecified atom stereocenters. The molecule has 0 saturated heterocycles. The van der Waals surface area contributed by atoms with Gasteiger partial charge in [-0.15, -0.1) is 6.58 Å². The van der Waals surface area contributed by atoms with Crippen LogP contribution in [0.5, 0.6) is 0 Å². The maximum atomic E-state index is 13.5. The monoisotopic (exact) mass is 552 g/mol. The second-order valence-corrected chi connectivity index (χ2v) is 11.2. The number of allylic oxidation sites excluding steroid dienone is 6. The normalized spacial score (nSPS) is 32.7. The summed E-state index contributed by atoms with van der Waals surface area (Å²) in [5.74, 6) is -1.85. The van der Waals surface area contributed by atoms with Crippen LogP contribution in [0.2, 0.25) is 0 Å². The number of fused-ring (bicyclic) bond motifs is 2. The molecule has 40 heavy (non-hydrogen) atoms. The van der Waals surface area contributed by atoms with Crippen molar-refractivity contribution in [3.63, 3.8) is 0 Å². The zero-order valence-electron chi connectivity index (χ0n) is 24.5. The van der Waals surface area contributed by atoms with Crippen molar-refractivity contribution >= 4 is 23.6 Å². The lowest BCUT2D eigenvalue weighted by molar-refractivity contribution is -0.120. The van der Waals surface area contributed by atoms with E-state index in [0.717, 1.165) is 5.57 Å². The van der Waals surface area contributed by atoms with Crippen LogP contribution in [-0.2, 0) is 19.1 Å². The number of ether oxygens (including phenoxy) is 1. The first-order chi connectivity index (χ1) is 18.8. The van der Waals surface area contributed by atoms with Crippen molar-refractivity contribution in [2.75, 3.05) is 0 Å². The summed E-state index contributed by atoms with van der Waals surface area (Å²) in [6.45, 7) is 14.9. The molecule has 8 heteroatoms. The number of nitrogens with two attached hydrogens (primary N) is 1. The van der Waals surface area contributed by atoms with Crippen LogP contribution in [0.1, 0.15) is 67.2 Å². The van der Waals surface area contributed by atoms with E-state index < -0.39 is 24.2 Å². The SMILES string of the molecule is C=CCCC1=C2C[C@@H](C)C[C@H](C)[C@H](O)[C@@H](C)/C=C(\C)[C@H](OC(N)=O)[C@@H](C)/C=C\C=C(/C)C(=O)NC(=CC1=O)C2=O. The maximum absolute atomic E-state index is 13.5. The third-order valence-electron chi connectivity index (χ3n) is 7.57. The maximum Gasteiger partial charge on any atom is 0.405 e. The number of aliphatic hydroxyl groups is 1. The highest BCUT2D eigenvalue weighted by Gasteiger charge is 2.31. The largest absolute Gasteiger partial charge is 0.441 e. The van der Waals surface area contributed by atoms with Crippen LogP contribution in [0.25, 0.3) is 0 Å². The minimum atomic E-state index is -0.904. The molecule has 1 heterocycles. The van der Waals surface area contributed by atoms with Gasteiger partial charge in [0.05, 0.1) is 11.8 Å². The Balaban J connectivity index is 2.55. The molecular weight excluding hydrogens is 508 g/mol. The zero-order chi connectivity index (χ0) is 30.1. The van der Waals surface area contributed by atoms with Gasteiger partial charge in [-0.25, -0.2) is 4.79 Å². The Hall–Kier alpha value is -3.52. The first-order valence-electron chi connectivity index (χ1n) is 13.9. The molecular formula is C32H44N2O6. The van der Waals surface area contributed by atoms with E-state index in [4.69, 9.17) is 10.5 Å². The molecule has 2 amide bonds. The van der Waals surface area contributed by atoms with Gasteiger partial charge in [-0.2, -0.15) is 0 Å². The number of aliphatic hydroxyl groups excluding tert-OH is 1. The topological polar surface area (TPSA) is 136 Å². The number of carbonyl (C=O) groups is 4. The number of hydrogen-bond donors (Lipinski definition) is 3. The molecule has 0 saturated carbocycles. The van der Waals surface area contributed by atoms with E-state index in [-0.39, 0.29) is 40.9 Å². The van der Waals surface area contributed by atoms with Crippen LogP contribution >= 0.6 is 0 Å². The highest BCUT2D eigenvalue weighted by molar-refractivity contribution is 6.23. The second kappa shape index (κ2) is 14.7. The summed E-state index contributed by atoms with van der Waals surface area (Å²) in [5, 5.41) is 13.8. The number of hydrogen-bond acceptors (Lipinski definition) is 6. The van der Waals surface area contributed by atoms with Crippen molar-refractivity contribution in [1.29, 1.82) is 0 Å². The molecule has 2 rings (SSSR count). The first-order valence-corrected chi connectivity index (χ1v) is 13.9. The Kier molecular flexibility index (Phi) is 12.1. The van der Waals surface area contributed by atoms with Crippen LogP contribution in [0.3, 0.4) is 0 Å². The highest BCUT2D eigenvalue weighted by Crippen LogP contribution is 2.32. The molecule has 6 atom stereocenters. The van der Waals surface area contributed by atoms with Crippen molar-refractivity contribution in [1.82, 2.24) is 5.32 Å². The average Bonchev–Trinajstić information content (AvgIpc) is 2.88. The Morgan fingerprint density at radius 2 is 1.85 bits per heavy atom. The fourth-order valence-corrected chi connectivity index (χ4v) is 5.41. The second-order valence-electron chi connectivity index (χ2n) is 11.2. The summed E-state index contributed by atoms with van der Waals surface area (Å²) in [6.07, 6.45) is 9.46. The van der Waals surface area contributed by atoms with Gasteiger partial charge in [-0.3, -0.25) is 14.4 Å². The van der Waals surface area contributed by atoms with Gasteiger partial charge in [0.15, 0.2) is 5.78 Å². The molecule has 1 aliphatic heterocycles. The van der Waals surface area contributed by atoms with E-state index in [9.17, 15) is 24.3 Å². The minimum Gasteiger partial charge on any atom is -0.441 e. The molecule has 4 N–H and O–H groups in total. The predicted octanol–water partition coefficient (Wildman–Crippen LogP) is 5.01. The molecule has 218 valence electrons. The van der Waals surface area contributed by atoms with Crippen LogP contribution < -0.4 is 11.1 Å². The van der Waals surface area contributed by atoms with E-state index in [0.29, 0.717) is 42.4 Å². The number of rotatable bonds is 4. The zero-order valence-corrected chi connectivity index (χ0v) is 24.5. The number of carbonyl (C=O) groups excluding carboxylic acids is 4. The summed E-state index contributed by atoms with van der Waals surface area (Å²) in [6, 6.07) is 0. The highest BCUT2D eigenvalue weighted by atomic mass is 16.6. The van der Waals surface area contributed by atoms with Crippen LogP contribution in [0.4, 0.5) is 4.79 Å². The van der Waals surface area contributed by atoms with Gasteiger partial charge in [0.2, 0.25) is 5.78 Å². The molecule has 0 aromatic carbocycles. The molecule has 2 aliphatic rings. The Morgan fingerprint density at radius 1 is 1.18 bits per heavy atom. The van der Waals surface area contributed by atoms with E-state index >= 15 is 0 Å². The minimum absolute atomic E-state index is 0.0265. The molecule has 0 aromatic rings. The Labute approximate surface area is 237 Å². The lowest BCUT2D eigenvalue weighted by Crippen LogP contribution is -2.33. The molecule has 1 aliphatic carbocycles. The summed E-state index contributed by atoms with van der Waals surface area (Å²) in [7, 11) is 0. The Bertz CT molecular complexity index is 1170. The lowest BCUT2D eigenvalue weighted by atomic mass is 9.80. The quantitative estimate of drug-likeness (QED) is 0.331. The van der Waals surface area contributed by atoms with Gasteiger partial charge in [0.25, 0.3) is 5.91 Å². The number of nitrogens with one attached hydrogen (secondary N) is 1. The smallest absolute Gasteiger partial charge is 0.405 e. The third kappa shape index (κ3) is 8.74. The fourth-order valence-electron chi connectivity index (χ4n) is 5.41. The lowest BCUT2D eigenvalue weighted by Gasteiger charge is -2.28.